The van der Waals surface area contributed by atoms with Crippen molar-refractivity contribution in [2.24, 2.45) is 5.92 Å². The van der Waals surface area contributed by atoms with Gasteiger partial charge in [-0.2, -0.15) is 0 Å². The van der Waals surface area contributed by atoms with E-state index < -0.39 is 0 Å². The molecule has 1 N–H and O–H groups in total. The van der Waals surface area contributed by atoms with Crippen LogP contribution in [0.2, 0.25) is 0 Å². The lowest BCUT2D eigenvalue weighted by molar-refractivity contribution is 0.0930. The number of tetrazole rings is 1. The van der Waals surface area contributed by atoms with E-state index in [0.29, 0.717) is 17.1 Å². The maximum absolute atomic E-state index is 12.6. The van der Waals surface area contributed by atoms with E-state index in [-0.39, 0.29) is 11.9 Å². The lowest BCUT2D eigenvalue weighted by Gasteiger charge is -2.18. The van der Waals surface area contributed by atoms with Crippen molar-refractivity contribution in [3.05, 3.63) is 53.5 Å². The smallest absolute Gasteiger partial charge is 0.252 e. The number of amides is 1. The van der Waals surface area contributed by atoms with Gasteiger partial charge in [-0.05, 0) is 65.9 Å². The zero-order valence-electron chi connectivity index (χ0n) is 12.7. The zero-order chi connectivity index (χ0) is 15.8. The second kappa shape index (κ2) is 5.42. The fourth-order valence-corrected chi connectivity index (χ4v) is 2.70. The third kappa shape index (κ3) is 2.77. The van der Waals surface area contributed by atoms with Crippen LogP contribution in [0, 0.1) is 12.8 Å². The van der Waals surface area contributed by atoms with Crippen LogP contribution in [0.4, 0.5) is 0 Å². The molecule has 4 rings (SSSR count). The molecule has 0 aromatic carbocycles. The van der Waals surface area contributed by atoms with Crippen molar-refractivity contribution < 1.29 is 4.79 Å². The molecule has 1 aliphatic carbocycles. The molecule has 7 heteroatoms. The lowest BCUT2D eigenvalue weighted by atomic mass is 10.1. The van der Waals surface area contributed by atoms with Gasteiger partial charge >= 0.3 is 0 Å². The topological polar surface area (TPSA) is 85.1 Å². The van der Waals surface area contributed by atoms with Gasteiger partial charge in [-0.15, -0.1) is 5.10 Å². The van der Waals surface area contributed by atoms with Gasteiger partial charge in [0.1, 0.15) is 0 Å². The Morgan fingerprint density at radius 2 is 2.22 bits per heavy atom. The molecule has 3 aromatic rings. The van der Waals surface area contributed by atoms with Crippen molar-refractivity contribution in [2.75, 3.05) is 0 Å². The minimum absolute atomic E-state index is 0.0466. The molecular formula is C16H16N6O. The number of nitrogens with zero attached hydrogens (tertiary/aromatic N) is 5. The number of aryl methyl sites for hydroxylation is 1. The van der Waals surface area contributed by atoms with Gasteiger partial charge in [0.05, 0.1) is 11.7 Å². The van der Waals surface area contributed by atoms with Gasteiger partial charge in [0.15, 0.2) is 5.65 Å². The van der Waals surface area contributed by atoms with Crippen LogP contribution in [-0.2, 0) is 0 Å². The molecule has 3 heterocycles. The second-order valence-corrected chi connectivity index (χ2v) is 5.94. The molecule has 0 radical (unpaired) electrons. The highest BCUT2D eigenvalue weighted by Gasteiger charge is 2.34. The molecule has 0 unspecified atom stereocenters. The van der Waals surface area contributed by atoms with Crippen LogP contribution in [0.25, 0.3) is 5.65 Å². The first-order valence-electron chi connectivity index (χ1n) is 7.62. The molecule has 0 saturated heterocycles. The molecule has 3 aromatic heterocycles. The van der Waals surface area contributed by atoms with Gasteiger partial charge in [-0.1, -0.05) is 0 Å². The van der Waals surface area contributed by atoms with Crippen molar-refractivity contribution in [3.8, 4) is 0 Å². The number of rotatable bonds is 4. The second-order valence-electron chi connectivity index (χ2n) is 5.94. The summed E-state index contributed by atoms with van der Waals surface area (Å²) in [6.07, 6.45) is 5.71. The third-order valence-electron chi connectivity index (χ3n) is 4.10. The van der Waals surface area contributed by atoms with Gasteiger partial charge in [0, 0.05) is 18.0 Å². The first-order chi connectivity index (χ1) is 11.2. The van der Waals surface area contributed by atoms with E-state index in [1.54, 1.807) is 24.5 Å². The third-order valence-corrected chi connectivity index (χ3v) is 4.10. The Kier molecular flexibility index (Phi) is 3.25. The fourth-order valence-electron chi connectivity index (χ4n) is 2.70. The summed E-state index contributed by atoms with van der Waals surface area (Å²) < 4.78 is 1.53. The van der Waals surface area contributed by atoms with Crippen LogP contribution >= 0.6 is 0 Å². The van der Waals surface area contributed by atoms with E-state index >= 15 is 0 Å². The summed E-state index contributed by atoms with van der Waals surface area (Å²) >= 11 is 0. The average molecular weight is 308 g/mol. The summed E-state index contributed by atoms with van der Waals surface area (Å²) in [4.78, 5) is 17.0. The standard InChI is InChI=1S/C16H16N6O/c1-10-4-6-17-13(8-10)15(11-2-3-11)18-16(23)12-5-7-22-14(9-12)19-20-21-22/h4-9,11,15H,2-3H2,1H3,(H,18,23)/t15-/m0/s1. The number of aromatic nitrogens is 5. The van der Waals surface area contributed by atoms with Gasteiger partial charge in [-0.25, -0.2) is 4.52 Å². The summed E-state index contributed by atoms with van der Waals surface area (Å²) in [6.45, 7) is 2.03. The number of hydrogen-bond acceptors (Lipinski definition) is 5. The molecule has 1 amide bonds. The monoisotopic (exact) mass is 308 g/mol. The van der Waals surface area contributed by atoms with Crippen LogP contribution in [-0.4, -0.2) is 30.9 Å². The first kappa shape index (κ1) is 13.8. The average Bonchev–Trinajstić information content (AvgIpc) is 3.28. The molecule has 1 saturated carbocycles. The van der Waals surface area contributed by atoms with Crippen LogP contribution < -0.4 is 5.32 Å². The van der Waals surface area contributed by atoms with Gasteiger partial charge in [-0.3, -0.25) is 9.78 Å². The van der Waals surface area contributed by atoms with Gasteiger partial charge in [0.25, 0.3) is 5.91 Å². The summed E-state index contributed by atoms with van der Waals surface area (Å²) in [5, 5.41) is 14.4. The number of hydrogen-bond donors (Lipinski definition) is 1. The molecule has 1 fully saturated rings. The molecule has 23 heavy (non-hydrogen) atoms. The van der Waals surface area contributed by atoms with E-state index in [9.17, 15) is 4.79 Å². The van der Waals surface area contributed by atoms with Crippen LogP contribution in [0.3, 0.4) is 0 Å². The molecule has 1 atom stereocenters. The number of nitrogens with one attached hydrogen (secondary N) is 1. The lowest BCUT2D eigenvalue weighted by Crippen LogP contribution is -2.30. The summed E-state index contributed by atoms with van der Waals surface area (Å²) in [7, 11) is 0. The minimum Gasteiger partial charge on any atom is -0.343 e. The summed E-state index contributed by atoms with van der Waals surface area (Å²) in [5.74, 6) is 0.336. The van der Waals surface area contributed by atoms with Gasteiger partial charge < -0.3 is 5.32 Å². The van der Waals surface area contributed by atoms with Crippen molar-refractivity contribution in [1.29, 1.82) is 0 Å². The Balaban J connectivity index is 1.60. The molecule has 116 valence electrons. The highest BCUT2D eigenvalue weighted by atomic mass is 16.1. The van der Waals surface area contributed by atoms with Crippen molar-refractivity contribution in [3.63, 3.8) is 0 Å². The van der Waals surface area contributed by atoms with E-state index in [1.807, 2.05) is 19.1 Å². The van der Waals surface area contributed by atoms with Gasteiger partial charge in [0.2, 0.25) is 0 Å². The van der Waals surface area contributed by atoms with Crippen molar-refractivity contribution in [2.45, 2.75) is 25.8 Å². The number of fused-ring (bicyclic) bond motifs is 1. The minimum atomic E-state index is -0.129. The quantitative estimate of drug-likeness (QED) is 0.793. The van der Waals surface area contributed by atoms with Crippen molar-refractivity contribution in [1.82, 2.24) is 30.3 Å². The number of carbonyl (C=O) groups excluding carboxylic acids is 1. The molecule has 0 aliphatic heterocycles. The highest BCUT2D eigenvalue weighted by Crippen LogP contribution is 2.40. The Bertz CT molecular complexity index is 870. The largest absolute Gasteiger partial charge is 0.343 e. The normalized spacial score (nSPS) is 15.5. The predicted octanol–water partition coefficient (Wildman–Crippen LogP) is 1.71. The Morgan fingerprint density at radius 3 is 3.00 bits per heavy atom. The van der Waals surface area contributed by atoms with E-state index in [4.69, 9.17) is 0 Å². The Morgan fingerprint density at radius 1 is 1.35 bits per heavy atom. The summed E-state index contributed by atoms with van der Waals surface area (Å²) in [6, 6.07) is 7.35. The molecule has 0 spiro atoms. The van der Waals surface area contributed by atoms with E-state index in [0.717, 1.165) is 24.1 Å². The van der Waals surface area contributed by atoms with E-state index in [1.165, 1.54) is 4.52 Å². The molecule has 1 aliphatic rings. The fraction of sp³-hybridized carbons (Fsp3) is 0.312. The maximum atomic E-state index is 12.6. The zero-order valence-corrected chi connectivity index (χ0v) is 12.7. The SMILES string of the molecule is Cc1ccnc([C@@H](NC(=O)c2ccn3nnnc3c2)C2CC2)c1. The first-order valence-corrected chi connectivity index (χ1v) is 7.62. The maximum Gasteiger partial charge on any atom is 0.252 e. The van der Waals surface area contributed by atoms with Crippen LogP contribution in [0.5, 0.6) is 0 Å². The Hall–Kier alpha value is -2.83. The van der Waals surface area contributed by atoms with E-state index in [2.05, 4.69) is 25.8 Å². The molecular weight excluding hydrogens is 292 g/mol. The van der Waals surface area contributed by atoms with Crippen molar-refractivity contribution >= 4 is 11.6 Å². The Labute approximate surface area is 132 Å². The van der Waals surface area contributed by atoms with Crippen LogP contribution in [0.15, 0.2) is 36.7 Å². The van der Waals surface area contributed by atoms with Crippen LogP contribution in [0.1, 0.15) is 40.5 Å². The number of carbonyl (C=O) groups is 1. The summed E-state index contributed by atoms with van der Waals surface area (Å²) in [5.41, 5.74) is 3.16. The molecule has 0 bridgehead atoms. The number of pyridine rings is 2. The highest BCUT2D eigenvalue weighted by molar-refractivity contribution is 5.95. The molecule has 7 nitrogen and oxygen atoms in total. The predicted molar refractivity (Wildman–Crippen MR) is 82.7 cm³/mol.